The van der Waals surface area contributed by atoms with Gasteiger partial charge in [0.2, 0.25) is 11.8 Å². The van der Waals surface area contributed by atoms with Gasteiger partial charge in [-0.15, -0.1) is 11.3 Å². The Morgan fingerprint density at radius 1 is 1.09 bits per heavy atom. The van der Waals surface area contributed by atoms with Crippen LogP contribution in [0.5, 0.6) is 5.75 Å². The van der Waals surface area contributed by atoms with Crippen molar-refractivity contribution in [1.82, 2.24) is 4.90 Å². The zero-order valence-electron chi connectivity index (χ0n) is 20.5. The molecule has 2 aromatic rings. The fraction of sp³-hybridized carbons (Fsp3) is 0.500. The number of benzene rings is 1. The second-order valence-electron chi connectivity index (χ2n) is 9.34. The molecule has 1 fully saturated rings. The summed E-state index contributed by atoms with van der Waals surface area (Å²) in [6.45, 7) is 3.74. The van der Waals surface area contributed by atoms with E-state index in [0.29, 0.717) is 53.9 Å². The van der Waals surface area contributed by atoms with Crippen LogP contribution in [0.2, 0.25) is 0 Å². The van der Waals surface area contributed by atoms with Crippen molar-refractivity contribution in [2.45, 2.75) is 39.0 Å². The average molecular weight is 500 g/mol. The van der Waals surface area contributed by atoms with Gasteiger partial charge in [-0.1, -0.05) is 19.1 Å². The molecule has 1 aromatic heterocycles. The number of esters is 1. The van der Waals surface area contributed by atoms with Gasteiger partial charge < -0.3 is 20.1 Å². The van der Waals surface area contributed by atoms with Crippen molar-refractivity contribution in [3.63, 3.8) is 0 Å². The molecule has 35 heavy (non-hydrogen) atoms. The van der Waals surface area contributed by atoms with Crippen LogP contribution in [0.1, 0.15) is 47.0 Å². The molecule has 0 spiro atoms. The van der Waals surface area contributed by atoms with Crippen LogP contribution in [0.15, 0.2) is 24.3 Å². The van der Waals surface area contributed by atoms with Crippen LogP contribution in [-0.4, -0.2) is 56.5 Å². The lowest BCUT2D eigenvalue weighted by Gasteiger charge is -2.30. The quantitative estimate of drug-likeness (QED) is 0.560. The Morgan fingerprint density at radius 3 is 2.54 bits per heavy atom. The number of thiophene rings is 1. The van der Waals surface area contributed by atoms with Crippen molar-refractivity contribution in [3.8, 4) is 5.75 Å². The zero-order chi connectivity index (χ0) is 24.9. The summed E-state index contributed by atoms with van der Waals surface area (Å²) in [6, 6.07) is 7.35. The van der Waals surface area contributed by atoms with Crippen LogP contribution in [0.25, 0.3) is 0 Å². The summed E-state index contributed by atoms with van der Waals surface area (Å²) in [5.74, 6) is 0.506. The Balaban J connectivity index is 1.32. The molecular weight excluding hydrogens is 466 g/mol. The van der Waals surface area contributed by atoms with Crippen molar-refractivity contribution in [2.75, 3.05) is 44.5 Å². The molecule has 1 saturated heterocycles. The lowest BCUT2D eigenvalue weighted by atomic mass is 9.88. The van der Waals surface area contributed by atoms with Gasteiger partial charge in [0.1, 0.15) is 10.8 Å². The number of hydrogen-bond donors (Lipinski definition) is 2. The second kappa shape index (κ2) is 11.2. The summed E-state index contributed by atoms with van der Waals surface area (Å²) < 4.78 is 10.3. The molecule has 2 heterocycles. The number of piperidine rings is 1. The number of fused-ring (bicyclic) bond motifs is 1. The minimum absolute atomic E-state index is 0.0280. The third kappa shape index (κ3) is 5.85. The van der Waals surface area contributed by atoms with Gasteiger partial charge in [0.15, 0.2) is 0 Å². The molecule has 0 saturated carbocycles. The second-order valence-corrected chi connectivity index (χ2v) is 10.4. The summed E-state index contributed by atoms with van der Waals surface area (Å²) in [6.07, 6.45) is 4.13. The molecule has 8 nitrogen and oxygen atoms in total. The lowest BCUT2D eigenvalue weighted by molar-refractivity contribution is -0.121. The molecular formula is C26H33N3O5S. The highest BCUT2D eigenvalue weighted by molar-refractivity contribution is 7.17. The Morgan fingerprint density at radius 2 is 1.83 bits per heavy atom. The summed E-state index contributed by atoms with van der Waals surface area (Å²) in [5.41, 5.74) is 2.20. The van der Waals surface area contributed by atoms with E-state index in [4.69, 9.17) is 9.47 Å². The van der Waals surface area contributed by atoms with Gasteiger partial charge in [-0.25, -0.2) is 4.79 Å². The normalized spacial score (nSPS) is 18.4. The van der Waals surface area contributed by atoms with Crippen LogP contribution in [0.4, 0.5) is 10.7 Å². The number of nitrogens with zero attached hydrogens (tertiary/aromatic N) is 1. The van der Waals surface area contributed by atoms with Gasteiger partial charge >= 0.3 is 5.97 Å². The van der Waals surface area contributed by atoms with Crippen LogP contribution in [0, 0.1) is 11.8 Å². The van der Waals surface area contributed by atoms with Crippen molar-refractivity contribution in [3.05, 3.63) is 40.3 Å². The Labute approximate surface area is 210 Å². The summed E-state index contributed by atoms with van der Waals surface area (Å²) in [5, 5.41) is 6.52. The van der Waals surface area contributed by atoms with Crippen molar-refractivity contribution in [2.24, 2.45) is 11.8 Å². The monoisotopic (exact) mass is 499 g/mol. The number of anilines is 2. The van der Waals surface area contributed by atoms with Crippen LogP contribution in [0.3, 0.4) is 0 Å². The summed E-state index contributed by atoms with van der Waals surface area (Å²) in [4.78, 5) is 41.3. The smallest absolute Gasteiger partial charge is 0.341 e. The number of carbonyl (C=O) groups excluding carboxylic acids is 3. The SMILES string of the molecule is COC(=O)c1c(NC(=O)CN2CCC(C(=O)Nc3ccccc3OC)CC2)sc2c1CCC(C)C2. The number of likely N-dealkylation sites (tertiary alicyclic amines) is 1. The van der Waals surface area contributed by atoms with Crippen molar-refractivity contribution >= 4 is 39.8 Å². The number of carbonyl (C=O) groups is 3. The third-order valence-corrected chi connectivity index (χ3v) is 8.01. The Hall–Kier alpha value is -2.91. The maximum atomic E-state index is 12.9. The molecule has 1 aliphatic carbocycles. The summed E-state index contributed by atoms with van der Waals surface area (Å²) >= 11 is 1.49. The molecule has 1 atom stereocenters. The predicted molar refractivity (Wildman–Crippen MR) is 136 cm³/mol. The van der Waals surface area contributed by atoms with E-state index in [-0.39, 0.29) is 24.3 Å². The molecule has 0 radical (unpaired) electrons. The van der Waals surface area contributed by atoms with E-state index in [9.17, 15) is 14.4 Å². The van der Waals surface area contributed by atoms with Gasteiger partial charge in [0.25, 0.3) is 0 Å². The highest BCUT2D eigenvalue weighted by Gasteiger charge is 2.30. The van der Waals surface area contributed by atoms with E-state index in [0.717, 1.165) is 24.8 Å². The van der Waals surface area contributed by atoms with Gasteiger partial charge in [-0.3, -0.25) is 14.5 Å². The fourth-order valence-electron chi connectivity index (χ4n) is 4.86. The molecule has 2 N–H and O–H groups in total. The lowest BCUT2D eigenvalue weighted by Crippen LogP contribution is -2.41. The topological polar surface area (TPSA) is 97.0 Å². The van der Waals surface area contributed by atoms with Crippen LogP contribution < -0.4 is 15.4 Å². The first-order chi connectivity index (χ1) is 16.9. The highest BCUT2D eigenvalue weighted by atomic mass is 32.1. The minimum atomic E-state index is -0.394. The van der Waals surface area contributed by atoms with Gasteiger partial charge in [0.05, 0.1) is 32.0 Å². The fourth-order valence-corrected chi connectivity index (χ4v) is 6.28. The first-order valence-electron chi connectivity index (χ1n) is 12.1. The molecule has 9 heteroatoms. The molecule has 2 aliphatic rings. The van der Waals surface area contributed by atoms with Crippen molar-refractivity contribution in [1.29, 1.82) is 0 Å². The first-order valence-corrected chi connectivity index (χ1v) is 12.9. The van der Waals surface area contributed by atoms with E-state index >= 15 is 0 Å². The van der Waals surface area contributed by atoms with E-state index < -0.39 is 5.97 Å². The van der Waals surface area contributed by atoms with E-state index in [1.165, 1.54) is 23.3 Å². The highest BCUT2D eigenvalue weighted by Crippen LogP contribution is 2.40. The Bertz CT molecular complexity index is 1090. The summed E-state index contributed by atoms with van der Waals surface area (Å²) in [7, 11) is 2.95. The number of ether oxygens (including phenoxy) is 2. The number of amides is 2. The minimum Gasteiger partial charge on any atom is -0.495 e. The largest absolute Gasteiger partial charge is 0.495 e. The average Bonchev–Trinajstić information content (AvgIpc) is 3.20. The maximum absolute atomic E-state index is 12.9. The van der Waals surface area contributed by atoms with Crippen LogP contribution >= 0.6 is 11.3 Å². The number of methoxy groups -OCH3 is 2. The van der Waals surface area contributed by atoms with Gasteiger partial charge in [0, 0.05) is 10.8 Å². The van der Waals surface area contributed by atoms with Gasteiger partial charge in [-0.05, 0) is 68.8 Å². The molecule has 1 aromatic carbocycles. The number of hydrogen-bond acceptors (Lipinski definition) is 7. The maximum Gasteiger partial charge on any atom is 0.341 e. The first kappa shape index (κ1) is 25.2. The van der Waals surface area contributed by atoms with E-state index in [2.05, 4.69) is 22.5 Å². The molecule has 0 bridgehead atoms. The standard InChI is InChI=1S/C26H33N3O5S/c1-16-8-9-18-21(14-16)35-25(23(18)26(32)34-3)28-22(30)15-29-12-10-17(11-13-29)24(31)27-19-6-4-5-7-20(19)33-2/h4-7,16-17H,8-15H2,1-3H3,(H,27,31)(H,28,30). The van der Waals surface area contributed by atoms with E-state index in [1.807, 2.05) is 24.3 Å². The zero-order valence-corrected chi connectivity index (χ0v) is 21.3. The number of nitrogens with one attached hydrogen (secondary N) is 2. The van der Waals surface area contributed by atoms with Crippen LogP contribution in [-0.2, 0) is 27.2 Å². The van der Waals surface area contributed by atoms with Gasteiger partial charge in [-0.2, -0.15) is 0 Å². The predicted octanol–water partition coefficient (Wildman–Crippen LogP) is 3.96. The Kier molecular flexibility index (Phi) is 8.07. The third-order valence-electron chi connectivity index (χ3n) is 6.84. The number of rotatable bonds is 7. The molecule has 1 unspecified atom stereocenters. The van der Waals surface area contributed by atoms with E-state index in [1.54, 1.807) is 7.11 Å². The molecule has 4 rings (SSSR count). The molecule has 1 aliphatic heterocycles. The molecule has 188 valence electrons. The number of para-hydroxylation sites is 2. The van der Waals surface area contributed by atoms with Crippen molar-refractivity contribution < 1.29 is 23.9 Å². The molecule has 2 amide bonds.